The van der Waals surface area contributed by atoms with Crippen molar-refractivity contribution in [2.45, 2.75) is 56.5 Å². The summed E-state index contributed by atoms with van der Waals surface area (Å²) in [6.07, 6.45) is 3.18. The lowest BCUT2D eigenvalue weighted by molar-refractivity contribution is -0.119. The van der Waals surface area contributed by atoms with Crippen LogP contribution in [0.2, 0.25) is 0 Å². The molecular formula is C23H29N3O4S. The molecule has 0 fully saturated rings. The highest BCUT2D eigenvalue weighted by Gasteiger charge is 2.53. The molecule has 2 heterocycles. The number of carbonyl (C=O) groups excluding carboxylic acids is 1. The van der Waals surface area contributed by atoms with E-state index in [1.54, 1.807) is 24.4 Å². The van der Waals surface area contributed by atoms with Crippen LogP contribution in [0.4, 0.5) is 0 Å². The summed E-state index contributed by atoms with van der Waals surface area (Å²) in [6, 6.07) is 6.99. The molecule has 1 N–H and O–H groups in total. The van der Waals surface area contributed by atoms with Crippen LogP contribution < -0.4 is 5.32 Å². The van der Waals surface area contributed by atoms with Crippen molar-refractivity contribution in [2.75, 3.05) is 19.5 Å². The summed E-state index contributed by atoms with van der Waals surface area (Å²) >= 11 is 0. The van der Waals surface area contributed by atoms with Crippen LogP contribution in [0.25, 0.3) is 0 Å². The van der Waals surface area contributed by atoms with Crippen LogP contribution in [0.3, 0.4) is 0 Å². The van der Waals surface area contributed by atoms with Gasteiger partial charge in [0, 0.05) is 30.4 Å². The summed E-state index contributed by atoms with van der Waals surface area (Å²) in [4.78, 5) is 13.7. The van der Waals surface area contributed by atoms with Gasteiger partial charge >= 0.3 is 0 Å². The van der Waals surface area contributed by atoms with Crippen molar-refractivity contribution in [1.82, 2.24) is 5.32 Å². The Balaban J connectivity index is 1.92. The minimum absolute atomic E-state index is 0.0926. The zero-order chi connectivity index (χ0) is 22.4. The largest absolute Gasteiger partial charge is 0.384 e. The number of carbonyl (C=O) groups is 1. The first-order valence-electron chi connectivity index (χ1n) is 10.6. The topological polar surface area (TPSA) is 97.2 Å². The van der Waals surface area contributed by atoms with E-state index in [9.17, 15) is 13.2 Å². The Morgan fingerprint density at radius 1 is 1.26 bits per heavy atom. The number of ketones is 1. The quantitative estimate of drug-likeness (QED) is 0.723. The van der Waals surface area contributed by atoms with E-state index in [0.717, 1.165) is 28.8 Å². The average Bonchev–Trinajstić information content (AvgIpc) is 3.18. The van der Waals surface area contributed by atoms with Crippen LogP contribution in [0.15, 0.2) is 62.4 Å². The van der Waals surface area contributed by atoms with Crippen molar-refractivity contribution in [2.24, 2.45) is 15.6 Å². The fourth-order valence-corrected chi connectivity index (χ4v) is 6.37. The zero-order valence-corrected chi connectivity index (χ0v) is 19.3. The summed E-state index contributed by atoms with van der Waals surface area (Å²) in [7, 11) is -2.03. The third-order valence-corrected chi connectivity index (χ3v) is 8.23. The first-order chi connectivity index (χ1) is 14.6. The van der Waals surface area contributed by atoms with Gasteiger partial charge in [0.15, 0.2) is 21.8 Å². The number of methoxy groups -OCH3 is 1. The number of nitrogens with one attached hydrogen (secondary N) is 1. The number of allylic oxidation sites excluding steroid dienone is 2. The second-order valence-electron chi connectivity index (χ2n) is 9.26. The first kappa shape index (κ1) is 21.9. The van der Waals surface area contributed by atoms with E-state index in [0.29, 0.717) is 12.8 Å². The van der Waals surface area contributed by atoms with Crippen LogP contribution >= 0.6 is 0 Å². The lowest BCUT2D eigenvalue weighted by atomic mass is 9.59. The minimum atomic E-state index is -3.51. The summed E-state index contributed by atoms with van der Waals surface area (Å²) in [5.74, 6) is 0.00418. The van der Waals surface area contributed by atoms with Crippen LogP contribution in [-0.4, -0.2) is 39.8 Å². The molecule has 1 aromatic rings. The second kappa shape index (κ2) is 7.67. The number of ether oxygens (including phenoxy) is 1. The van der Waals surface area contributed by atoms with E-state index in [-0.39, 0.29) is 34.6 Å². The molecule has 1 aromatic carbocycles. The minimum Gasteiger partial charge on any atom is -0.384 e. The van der Waals surface area contributed by atoms with E-state index in [1.807, 2.05) is 13.0 Å². The van der Waals surface area contributed by atoms with E-state index in [2.05, 4.69) is 29.4 Å². The highest BCUT2D eigenvalue weighted by molar-refractivity contribution is 7.91. The standard InChI is InChI=1S/C23H29N3O4S/c1-5-23(15-7-6-8-16(11-15)31(28,29)10-9-30-4)17-14-24-26-21(17)25-18-12-22(2,3)13-19(27)20(18)23/h6-8,11,14,21,25H,5,9-10,12-13H2,1-4H3/t21?,23-/m0/s1. The number of hydrogen-bond acceptors (Lipinski definition) is 7. The van der Waals surface area contributed by atoms with Crippen molar-refractivity contribution >= 4 is 15.6 Å². The molecule has 0 aromatic heterocycles. The van der Waals surface area contributed by atoms with Gasteiger partial charge in [-0.2, -0.15) is 10.2 Å². The molecule has 0 radical (unpaired) electrons. The molecule has 0 bridgehead atoms. The fraction of sp³-hybridized carbons (Fsp3) is 0.522. The number of nitrogens with zero attached hydrogens (tertiary/aromatic N) is 2. The van der Waals surface area contributed by atoms with Gasteiger partial charge in [0.2, 0.25) is 0 Å². The predicted octanol–water partition coefficient (Wildman–Crippen LogP) is 3.68. The molecule has 3 aliphatic rings. The van der Waals surface area contributed by atoms with Gasteiger partial charge in [0.1, 0.15) is 0 Å². The molecule has 7 nitrogen and oxygen atoms in total. The summed E-state index contributed by atoms with van der Waals surface area (Å²) < 4.78 is 30.7. The Bertz CT molecular complexity index is 1120. The Labute approximate surface area is 183 Å². The van der Waals surface area contributed by atoms with Gasteiger partial charge in [-0.1, -0.05) is 32.9 Å². The number of benzene rings is 1. The molecule has 8 heteroatoms. The Morgan fingerprint density at radius 2 is 2.03 bits per heavy atom. The number of fused-ring (bicyclic) bond motifs is 1. The Kier molecular flexibility index (Phi) is 5.42. The lowest BCUT2D eigenvalue weighted by Gasteiger charge is -2.47. The molecule has 0 spiro atoms. The number of Topliss-reactive ketones (excluding diaryl/α,β-unsaturated/α-hetero) is 1. The SMILES string of the molecule is CC[C@]1(c2cccc(S(=O)(=O)CCOC)c2)C2=CN=NC2NC2=C1C(=O)CC(C)(C)C2. The molecule has 2 atom stereocenters. The third-order valence-electron chi connectivity index (χ3n) is 6.55. The average molecular weight is 444 g/mol. The van der Waals surface area contributed by atoms with Crippen molar-refractivity contribution in [3.8, 4) is 0 Å². The molecule has 1 aliphatic carbocycles. The predicted molar refractivity (Wildman–Crippen MR) is 117 cm³/mol. The third kappa shape index (κ3) is 3.55. The maximum Gasteiger partial charge on any atom is 0.180 e. The normalized spacial score (nSPS) is 26.9. The molecule has 166 valence electrons. The van der Waals surface area contributed by atoms with Gasteiger partial charge < -0.3 is 10.1 Å². The number of hydrogen-bond donors (Lipinski definition) is 1. The van der Waals surface area contributed by atoms with Gasteiger partial charge in [-0.05, 0) is 36.0 Å². The van der Waals surface area contributed by atoms with Gasteiger partial charge in [0.25, 0.3) is 0 Å². The van der Waals surface area contributed by atoms with Gasteiger partial charge in [-0.25, -0.2) is 8.42 Å². The van der Waals surface area contributed by atoms with Crippen molar-refractivity contribution in [3.63, 3.8) is 0 Å². The number of azo groups is 1. The molecular weight excluding hydrogens is 414 g/mol. The van der Waals surface area contributed by atoms with Gasteiger partial charge in [0.05, 0.1) is 28.9 Å². The highest BCUT2D eigenvalue weighted by atomic mass is 32.2. The fourth-order valence-electron chi connectivity index (χ4n) is 5.16. The van der Waals surface area contributed by atoms with Gasteiger partial charge in [-0.3, -0.25) is 4.79 Å². The Hall–Kier alpha value is -2.32. The molecule has 1 unspecified atom stereocenters. The summed E-state index contributed by atoms with van der Waals surface area (Å²) in [6.45, 7) is 6.34. The summed E-state index contributed by atoms with van der Waals surface area (Å²) in [5.41, 5.74) is 2.42. The van der Waals surface area contributed by atoms with Crippen LogP contribution in [0.5, 0.6) is 0 Å². The van der Waals surface area contributed by atoms with Crippen LogP contribution in [0, 0.1) is 5.41 Å². The molecule has 2 aliphatic heterocycles. The highest BCUT2D eigenvalue weighted by Crippen LogP contribution is 2.53. The van der Waals surface area contributed by atoms with Crippen molar-refractivity contribution < 1.29 is 17.9 Å². The maximum atomic E-state index is 13.5. The molecule has 4 rings (SSSR count). The molecule has 0 amide bonds. The number of rotatable bonds is 6. The van der Waals surface area contributed by atoms with E-state index < -0.39 is 15.3 Å². The Morgan fingerprint density at radius 3 is 2.74 bits per heavy atom. The van der Waals surface area contributed by atoms with E-state index >= 15 is 0 Å². The van der Waals surface area contributed by atoms with Crippen molar-refractivity contribution in [3.05, 3.63) is 52.9 Å². The molecule has 0 saturated heterocycles. The lowest BCUT2D eigenvalue weighted by Crippen LogP contribution is -2.51. The van der Waals surface area contributed by atoms with Crippen LogP contribution in [-0.2, 0) is 24.8 Å². The molecule has 0 saturated carbocycles. The van der Waals surface area contributed by atoms with Gasteiger partial charge in [-0.15, -0.1) is 0 Å². The zero-order valence-electron chi connectivity index (χ0n) is 18.4. The van der Waals surface area contributed by atoms with E-state index in [1.165, 1.54) is 7.11 Å². The van der Waals surface area contributed by atoms with E-state index in [4.69, 9.17) is 4.74 Å². The smallest absolute Gasteiger partial charge is 0.180 e. The number of sulfone groups is 1. The van der Waals surface area contributed by atoms with Crippen molar-refractivity contribution in [1.29, 1.82) is 0 Å². The first-order valence-corrected chi connectivity index (χ1v) is 12.3. The second-order valence-corrected chi connectivity index (χ2v) is 11.4. The summed E-state index contributed by atoms with van der Waals surface area (Å²) in [5, 5.41) is 11.9. The van der Waals surface area contributed by atoms with Crippen LogP contribution in [0.1, 0.15) is 45.6 Å². The monoisotopic (exact) mass is 443 g/mol. The maximum absolute atomic E-state index is 13.5. The molecule has 31 heavy (non-hydrogen) atoms.